The zero-order chi connectivity index (χ0) is 13.5. The SMILES string of the molecule is COC(=O)c1cc2nc(C)cc(C(F)(F)F)n2n1. The molecule has 2 heterocycles. The third-order valence-electron chi connectivity index (χ3n) is 2.24. The summed E-state index contributed by atoms with van der Waals surface area (Å²) in [4.78, 5) is 15.1. The van der Waals surface area contributed by atoms with Gasteiger partial charge in [0, 0.05) is 11.8 Å². The van der Waals surface area contributed by atoms with Crippen LogP contribution in [0.4, 0.5) is 13.2 Å². The van der Waals surface area contributed by atoms with E-state index >= 15 is 0 Å². The van der Waals surface area contributed by atoms with Gasteiger partial charge in [0.1, 0.15) is 5.69 Å². The maximum absolute atomic E-state index is 12.8. The highest BCUT2D eigenvalue weighted by atomic mass is 19.4. The second-order valence-corrected chi connectivity index (χ2v) is 3.57. The molecule has 0 saturated heterocycles. The van der Waals surface area contributed by atoms with Crippen molar-refractivity contribution in [3.8, 4) is 0 Å². The van der Waals surface area contributed by atoms with E-state index in [1.807, 2.05) is 0 Å². The van der Waals surface area contributed by atoms with Crippen LogP contribution in [0.5, 0.6) is 0 Å². The Bertz CT molecular complexity index is 619. The fraction of sp³-hybridized carbons (Fsp3) is 0.300. The van der Waals surface area contributed by atoms with Gasteiger partial charge < -0.3 is 4.74 Å². The lowest BCUT2D eigenvalue weighted by atomic mass is 10.3. The Labute approximate surface area is 99.2 Å². The minimum absolute atomic E-state index is 0.0530. The lowest BCUT2D eigenvalue weighted by Gasteiger charge is -2.08. The normalized spacial score (nSPS) is 11.8. The van der Waals surface area contributed by atoms with E-state index < -0.39 is 17.8 Å². The molecule has 0 N–H and O–H groups in total. The van der Waals surface area contributed by atoms with Gasteiger partial charge in [-0.25, -0.2) is 14.3 Å². The first-order chi connectivity index (χ1) is 8.32. The number of fused-ring (bicyclic) bond motifs is 1. The summed E-state index contributed by atoms with van der Waals surface area (Å²) >= 11 is 0. The standard InChI is InChI=1S/C10H8F3N3O2/c1-5-3-7(10(11,12)13)16-8(14-5)4-6(15-16)9(17)18-2/h3-4H,1-2H3. The number of hydrogen-bond donors (Lipinski definition) is 0. The third kappa shape index (κ3) is 2.01. The molecular formula is C10H8F3N3O2. The zero-order valence-corrected chi connectivity index (χ0v) is 9.45. The van der Waals surface area contributed by atoms with E-state index in [-0.39, 0.29) is 17.0 Å². The number of aryl methyl sites for hydroxylation is 1. The van der Waals surface area contributed by atoms with E-state index in [9.17, 15) is 18.0 Å². The Morgan fingerprint density at radius 1 is 1.39 bits per heavy atom. The molecule has 0 aliphatic rings. The maximum Gasteiger partial charge on any atom is 0.433 e. The van der Waals surface area contributed by atoms with Gasteiger partial charge in [-0.15, -0.1) is 0 Å². The van der Waals surface area contributed by atoms with Crippen LogP contribution in [-0.4, -0.2) is 27.7 Å². The molecule has 18 heavy (non-hydrogen) atoms. The molecule has 0 saturated carbocycles. The Hall–Kier alpha value is -2.12. The van der Waals surface area contributed by atoms with Gasteiger partial charge in [-0.2, -0.15) is 18.3 Å². The summed E-state index contributed by atoms with van der Waals surface area (Å²) in [5, 5.41) is 3.55. The van der Waals surface area contributed by atoms with E-state index in [4.69, 9.17) is 0 Å². The van der Waals surface area contributed by atoms with Crippen LogP contribution < -0.4 is 0 Å². The summed E-state index contributed by atoms with van der Waals surface area (Å²) in [7, 11) is 1.12. The fourth-order valence-electron chi connectivity index (χ4n) is 1.51. The van der Waals surface area contributed by atoms with Crippen molar-refractivity contribution in [2.24, 2.45) is 0 Å². The van der Waals surface area contributed by atoms with E-state index in [1.54, 1.807) is 0 Å². The molecule has 2 aromatic heterocycles. The molecular weight excluding hydrogens is 251 g/mol. The van der Waals surface area contributed by atoms with Crippen molar-refractivity contribution in [3.05, 3.63) is 29.2 Å². The number of nitrogens with zero attached hydrogens (tertiary/aromatic N) is 3. The van der Waals surface area contributed by atoms with Gasteiger partial charge in [0.05, 0.1) is 7.11 Å². The summed E-state index contributed by atoms with van der Waals surface area (Å²) < 4.78 is 43.3. The van der Waals surface area contributed by atoms with Crippen LogP contribution in [0.15, 0.2) is 12.1 Å². The van der Waals surface area contributed by atoms with Gasteiger partial charge in [-0.1, -0.05) is 0 Å². The topological polar surface area (TPSA) is 56.5 Å². The van der Waals surface area contributed by atoms with Crippen molar-refractivity contribution in [2.45, 2.75) is 13.1 Å². The summed E-state index contributed by atoms with van der Waals surface area (Å²) in [6, 6.07) is 2.01. The lowest BCUT2D eigenvalue weighted by molar-refractivity contribution is -0.142. The number of ether oxygens (including phenoxy) is 1. The average Bonchev–Trinajstić information content (AvgIpc) is 2.68. The van der Waals surface area contributed by atoms with E-state index in [0.717, 1.165) is 19.2 Å². The van der Waals surface area contributed by atoms with Crippen molar-refractivity contribution in [1.29, 1.82) is 0 Å². The van der Waals surface area contributed by atoms with Crippen molar-refractivity contribution >= 4 is 11.6 Å². The van der Waals surface area contributed by atoms with Crippen LogP contribution in [0.3, 0.4) is 0 Å². The van der Waals surface area contributed by atoms with Gasteiger partial charge in [0.2, 0.25) is 0 Å². The first kappa shape index (κ1) is 12.3. The van der Waals surface area contributed by atoms with Gasteiger partial charge in [0.15, 0.2) is 11.3 Å². The molecule has 0 aromatic carbocycles. The van der Waals surface area contributed by atoms with Crippen molar-refractivity contribution in [2.75, 3.05) is 7.11 Å². The summed E-state index contributed by atoms with van der Waals surface area (Å²) in [6.07, 6.45) is -4.58. The molecule has 0 aliphatic heterocycles. The first-order valence-electron chi connectivity index (χ1n) is 4.86. The third-order valence-corrected chi connectivity index (χ3v) is 2.24. The minimum atomic E-state index is -4.58. The van der Waals surface area contributed by atoms with Crippen molar-refractivity contribution < 1.29 is 22.7 Å². The lowest BCUT2D eigenvalue weighted by Crippen LogP contribution is -2.14. The van der Waals surface area contributed by atoms with Gasteiger partial charge >= 0.3 is 12.1 Å². The maximum atomic E-state index is 12.8. The van der Waals surface area contributed by atoms with Crippen LogP contribution in [-0.2, 0) is 10.9 Å². The number of alkyl halides is 3. The molecule has 5 nitrogen and oxygen atoms in total. The Balaban J connectivity index is 2.72. The molecule has 0 aliphatic carbocycles. The molecule has 0 bridgehead atoms. The quantitative estimate of drug-likeness (QED) is 0.733. The van der Waals surface area contributed by atoms with Crippen LogP contribution in [0.1, 0.15) is 21.9 Å². The number of aromatic nitrogens is 3. The van der Waals surface area contributed by atoms with Gasteiger partial charge in [-0.3, -0.25) is 0 Å². The summed E-state index contributed by atoms with van der Waals surface area (Å²) in [6.45, 7) is 1.43. The first-order valence-corrected chi connectivity index (χ1v) is 4.86. The van der Waals surface area contributed by atoms with Crippen LogP contribution >= 0.6 is 0 Å². The molecule has 96 valence electrons. The molecule has 2 aromatic rings. The van der Waals surface area contributed by atoms with Crippen LogP contribution in [0.25, 0.3) is 5.65 Å². The highest BCUT2D eigenvalue weighted by Crippen LogP contribution is 2.29. The number of methoxy groups -OCH3 is 1. The van der Waals surface area contributed by atoms with Crippen molar-refractivity contribution in [1.82, 2.24) is 14.6 Å². The molecule has 0 spiro atoms. The van der Waals surface area contributed by atoms with E-state index in [2.05, 4.69) is 14.8 Å². The molecule has 0 fully saturated rings. The largest absolute Gasteiger partial charge is 0.464 e. The molecule has 2 rings (SSSR count). The smallest absolute Gasteiger partial charge is 0.433 e. The monoisotopic (exact) mass is 259 g/mol. The molecule has 8 heteroatoms. The fourth-order valence-corrected chi connectivity index (χ4v) is 1.51. The van der Waals surface area contributed by atoms with Crippen LogP contribution in [0, 0.1) is 6.92 Å². The Morgan fingerprint density at radius 3 is 2.61 bits per heavy atom. The number of carbonyl (C=O) groups is 1. The highest BCUT2D eigenvalue weighted by Gasteiger charge is 2.35. The summed E-state index contributed by atoms with van der Waals surface area (Å²) in [5.41, 5.74) is -1.07. The predicted octanol–water partition coefficient (Wildman–Crippen LogP) is 1.84. The minimum Gasteiger partial charge on any atom is -0.464 e. The second-order valence-electron chi connectivity index (χ2n) is 3.57. The van der Waals surface area contributed by atoms with Crippen LogP contribution in [0.2, 0.25) is 0 Å². The second kappa shape index (κ2) is 3.97. The van der Waals surface area contributed by atoms with Crippen molar-refractivity contribution in [3.63, 3.8) is 0 Å². The zero-order valence-electron chi connectivity index (χ0n) is 9.45. The van der Waals surface area contributed by atoms with Gasteiger partial charge in [0.25, 0.3) is 0 Å². The van der Waals surface area contributed by atoms with E-state index in [1.165, 1.54) is 6.92 Å². The Kier molecular flexibility index (Phi) is 2.72. The highest BCUT2D eigenvalue weighted by molar-refractivity contribution is 5.88. The molecule has 0 radical (unpaired) electrons. The number of esters is 1. The predicted molar refractivity (Wildman–Crippen MR) is 54.1 cm³/mol. The van der Waals surface area contributed by atoms with Gasteiger partial charge in [-0.05, 0) is 13.0 Å². The number of carbonyl (C=O) groups excluding carboxylic acids is 1. The number of hydrogen-bond acceptors (Lipinski definition) is 4. The van der Waals surface area contributed by atoms with E-state index in [0.29, 0.717) is 4.52 Å². The number of halogens is 3. The Morgan fingerprint density at radius 2 is 2.06 bits per heavy atom. The summed E-state index contributed by atoms with van der Waals surface area (Å²) in [5.74, 6) is -0.814. The number of rotatable bonds is 1. The molecule has 0 amide bonds. The average molecular weight is 259 g/mol. The molecule has 0 unspecified atom stereocenters. The molecule has 0 atom stereocenters.